The largest absolute Gasteiger partial charge is 0.472 e. The van der Waals surface area contributed by atoms with Crippen molar-refractivity contribution < 1.29 is 37.3 Å². The molecule has 0 aromatic heterocycles. The van der Waals surface area contributed by atoms with Crippen molar-refractivity contribution >= 4 is 13.8 Å². The summed E-state index contributed by atoms with van der Waals surface area (Å²) in [6.07, 6.45) is 58.7. The average molecular weight is 909 g/mol. The van der Waals surface area contributed by atoms with E-state index in [4.69, 9.17) is 18.5 Å². The van der Waals surface area contributed by atoms with E-state index in [0.717, 1.165) is 44.9 Å². The summed E-state index contributed by atoms with van der Waals surface area (Å²) < 4.78 is 35.2. The second-order valence-corrected chi connectivity index (χ2v) is 20.4. The van der Waals surface area contributed by atoms with Crippen molar-refractivity contribution in [3.8, 4) is 0 Å². The molecule has 0 spiro atoms. The predicted octanol–water partition coefficient (Wildman–Crippen LogP) is 16.3. The van der Waals surface area contributed by atoms with Gasteiger partial charge in [-0.15, -0.1) is 0 Å². The highest BCUT2D eigenvalue weighted by molar-refractivity contribution is 7.47. The average Bonchev–Trinajstić information content (AvgIpc) is 3.24. The number of unbranched alkanes of at least 4 members (excludes halogenated alkanes) is 27. The molecule has 0 aliphatic rings. The highest BCUT2D eigenvalue weighted by atomic mass is 31.2. The molecule has 2 atom stereocenters. The first kappa shape index (κ1) is 61.5. The van der Waals surface area contributed by atoms with Crippen LogP contribution in [0.1, 0.15) is 232 Å². The summed E-state index contributed by atoms with van der Waals surface area (Å²) in [4.78, 5) is 23.0. The third kappa shape index (κ3) is 51.3. The van der Waals surface area contributed by atoms with Gasteiger partial charge in [0.05, 0.1) is 34.4 Å². The number of carbonyl (C=O) groups excluding carboxylic acids is 1. The zero-order chi connectivity index (χ0) is 46.2. The van der Waals surface area contributed by atoms with E-state index in [-0.39, 0.29) is 25.8 Å². The summed E-state index contributed by atoms with van der Waals surface area (Å²) in [5, 5.41) is 0. The normalized spacial score (nSPS) is 13.9. The molecule has 0 amide bonds. The van der Waals surface area contributed by atoms with Crippen LogP contribution in [0, 0.1) is 0 Å². The Hall–Kier alpha value is -1.54. The third-order valence-electron chi connectivity index (χ3n) is 11.4. The Kier molecular flexibility index (Phi) is 45.8. The highest BCUT2D eigenvalue weighted by Crippen LogP contribution is 2.43. The molecule has 370 valence electrons. The fourth-order valence-electron chi connectivity index (χ4n) is 7.26. The van der Waals surface area contributed by atoms with Gasteiger partial charge in [-0.1, -0.05) is 197 Å². The molecule has 0 radical (unpaired) electrons. The number of hydrogen-bond acceptors (Lipinski definition) is 6. The molecule has 0 saturated carbocycles. The summed E-state index contributed by atoms with van der Waals surface area (Å²) in [6.45, 7) is 5.60. The minimum absolute atomic E-state index is 0.0864. The molecule has 2 unspecified atom stereocenters. The summed E-state index contributed by atoms with van der Waals surface area (Å²) >= 11 is 0. The number of quaternary nitrogens is 1. The topological polar surface area (TPSA) is 91.3 Å². The Balaban J connectivity index is 4.13. The van der Waals surface area contributed by atoms with Gasteiger partial charge in [0.2, 0.25) is 0 Å². The first-order valence-electron chi connectivity index (χ1n) is 26.4. The van der Waals surface area contributed by atoms with Crippen LogP contribution in [0.25, 0.3) is 0 Å². The number of phosphoric acid groups is 1. The molecule has 0 rings (SSSR count). The fraction of sp³-hybridized carbons (Fsp3) is 0.833. The summed E-state index contributed by atoms with van der Waals surface area (Å²) in [5.74, 6) is -0.318. The second kappa shape index (κ2) is 47.0. The Bertz CT molecular complexity index is 1150. The van der Waals surface area contributed by atoms with Crippen molar-refractivity contribution in [2.75, 3.05) is 54.1 Å². The molecule has 1 N–H and O–H groups in total. The Morgan fingerprint density at radius 1 is 0.492 bits per heavy atom. The van der Waals surface area contributed by atoms with Gasteiger partial charge in [-0.2, -0.15) is 0 Å². The van der Waals surface area contributed by atoms with Crippen molar-refractivity contribution in [1.29, 1.82) is 0 Å². The monoisotopic (exact) mass is 909 g/mol. The van der Waals surface area contributed by atoms with Gasteiger partial charge in [0.1, 0.15) is 19.3 Å². The third-order valence-corrected chi connectivity index (χ3v) is 12.3. The Morgan fingerprint density at radius 2 is 0.873 bits per heavy atom. The number of esters is 1. The smallest absolute Gasteiger partial charge is 0.457 e. The molecular weight excluding hydrogens is 806 g/mol. The van der Waals surface area contributed by atoms with E-state index in [1.807, 2.05) is 21.1 Å². The minimum Gasteiger partial charge on any atom is -0.457 e. The SMILES string of the molecule is CCCCC/C=C\C/C=C\CCCCCCCCCCCC(=O)OC(COCCCCCCCCCCCC/C=C\C/C=C\CCCCCCC)COP(=O)(O)OCC[N+](C)(C)C. The quantitative estimate of drug-likeness (QED) is 0.0214. The maximum Gasteiger partial charge on any atom is 0.472 e. The van der Waals surface area contributed by atoms with Gasteiger partial charge in [0.25, 0.3) is 0 Å². The van der Waals surface area contributed by atoms with Crippen molar-refractivity contribution in [2.45, 2.75) is 238 Å². The molecule has 0 aromatic rings. The molecule has 8 nitrogen and oxygen atoms in total. The highest BCUT2D eigenvalue weighted by Gasteiger charge is 2.26. The predicted molar refractivity (Wildman–Crippen MR) is 270 cm³/mol. The van der Waals surface area contributed by atoms with Gasteiger partial charge in [0, 0.05) is 13.0 Å². The Labute approximate surface area is 390 Å². The minimum atomic E-state index is -4.28. The molecule has 0 aliphatic carbocycles. The molecule has 0 fully saturated rings. The summed E-state index contributed by atoms with van der Waals surface area (Å²) in [5.41, 5.74) is 0. The van der Waals surface area contributed by atoms with E-state index in [1.54, 1.807) is 0 Å². The zero-order valence-corrected chi connectivity index (χ0v) is 43.0. The van der Waals surface area contributed by atoms with Crippen LogP contribution in [0.15, 0.2) is 48.6 Å². The fourth-order valence-corrected chi connectivity index (χ4v) is 8.00. The zero-order valence-electron chi connectivity index (χ0n) is 42.1. The molecule has 0 heterocycles. The van der Waals surface area contributed by atoms with Crippen molar-refractivity contribution in [3.05, 3.63) is 48.6 Å². The number of likely N-dealkylation sites (N-methyl/N-ethyl adjacent to an activating group) is 1. The summed E-state index contributed by atoms with van der Waals surface area (Å²) in [6, 6.07) is 0. The van der Waals surface area contributed by atoms with Gasteiger partial charge in [0.15, 0.2) is 0 Å². The number of allylic oxidation sites excluding steroid dienone is 8. The standard InChI is InChI=1S/C54H102NO7P/c1-6-8-10-12-14-16-18-20-22-24-26-27-28-30-32-34-36-38-40-42-44-46-49-59-51-53(52-61-63(57,58)60-50-48-55(3,4)5)62-54(56)47-45-43-41-39-37-35-33-31-29-25-23-21-19-17-15-13-11-9-7-2/h15,17-18,20-21,23-24,26,53H,6-14,16,19,22,25,27-52H2,1-5H3/p+1/b17-15-,20-18-,23-21-,26-24-. The molecule has 0 saturated heterocycles. The van der Waals surface area contributed by atoms with Gasteiger partial charge in [-0.05, 0) is 77.0 Å². The lowest BCUT2D eigenvalue weighted by Gasteiger charge is -2.24. The maximum atomic E-state index is 12.8. The number of ether oxygens (including phenoxy) is 2. The summed E-state index contributed by atoms with van der Waals surface area (Å²) in [7, 11) is 1.66. The van der Waals surface area contributed by atoms with Gasteiger partial charge < -0.3 is 18.9 Å². The van der Waals surface area contributed by atoms with Crippen LogP contribution in [-0.4, -0.2) is 75.6 Å². The van der Waals surface area contributed by atoms with Crippen LogP contribution in [0.5, 0.6) is 0 Å². The van der Waals surface area contributed by atoms with E-state index < -0.39 is 13.9 Å². The lowest BCUT2D eigenvalue weighted by molar-refractivity contribution is -0.870. The maximum absolute atomic E-state index is 12.8. The van der Waals surface area contributed by atoms with E-state index in [2.05, 4.69) is 62.5 Å². The van der Waals surface area contributed by atoms with Gasteiger partial charge in [-0.25, -0.2) is 4.57 Å². The molecule has 0 bridgehead atoms. The van der Waals surface area contributed by atoms with Crippen LogP contribution < -0.4 is 0 Å². The molecular formula is C54H103NO7P+. The van der Waals surface area contributed by atoms with E-state index in [0.29, 0.717) is 24.1 Å². The Morgan fingerprint density at radius 3 is 1.32 bits per heavy atom. The lowest BCUT2D eigenvalue weighted by atomic mass is 10.1. The first-order chi connectivity index (χ1) is 30.6. The first-order valence-corrected chi connectivity index (χ1v) is 27.9. The van der Waals surface area contributed by atoms with Crippen LogP contribution in [0.4, 0.5) is 0 Å². The van der Waals surface area contributed by atoms with Crippen LogP contribution in [-0.2, 0) is 27.9 Å². The van der Waals surface area contributed by atoms with Gasteiger partial charge in [-0.3, -0.25) is 13.8 Å². The number of hydrogen-bond donors (Lipinski definition) is 1. The van der Waals surface area contributed by atoms with Crippen LogP contribution in [0.3, 0.4) is 0 Å². The number of rotatable bonds is 49. The number of carbonyl (C=O) groups is 1. The van der Waals surface area contributed by atoms with Crippen LogP contribution >= 0.6 is 7.82 Å². The molecule has 0 aliphatic heterocycles. The van der Waals surface area contributed by atoms with E-state index in [9.17, 15) is 14.3 Å². The van der Waals surface area contributed by atoms with Crippen molar-refractivity contribution in [3.63, 3.8) is 0 Å². The van der Waals surface area contributed by atoms with Crippen LogP contribution in [0.2, 0.25) is 0 Å². The molecule has 0 aromatic carbocycles. The number of nitrogens with zero attached hydrogens (tertiary/aromatic N) is 1. The second-order valence-electron chi connectivity index (χ2n) is 18.9. The van der Waals surface area contributed by atoms with Crippen molar-refractivity contribution in [1.82, 2.24) is 0 Å². The van der Waals surface area contributed by atoms with Crippen molar-refractivity contribution in [2.24, 2.45) is 0 Å². The van der Waals surface area contributed by atoms with Gasteiger partial charge >= 0.3 is 13.8 Å². The number of phosphoric ester groups is 1. The molecule has 63 heavy (non-hydrogen) atoms. The lowest BCUT2D eigenvalue weighted by Crippen LogP contribution is -2.37. The molecule has 9 heteroatoms. The van der Waals surface area contributed by atoms with E-state index >= 15 is 0 Å². The van der Waals surface area contributed by atoms with E-state index in [1.165, 1.54) is 167 Å².